The molecule has 0 saturated carbocycles. The molecule has 0 fully saturated rings. The first-order valence-corrected chi connectivity index (χ1v) is 3.01. The number of aromatic amines is 1. The summed E-state index contributed by atoms with van der Waals surface area (Å²) in [6, 6.07) is 0. The number of hydrogen-bond donors (Lipinski definition) is 1. The van der Waals surface area contributed by atoms with Gasteiger partial charge in [0.15, 0.2) is 0 Å². The van der Waals surface area contributed by atoms with Crippen molar-refractivity contribution in [1.29, 1.82) is 0 Å². The van der Waals surface area contributed by atoms with Gasteiger partial charge in [-0.05, 0) is 0 Å². The van der Waals surface area contributed by atoms with Crippen LogP contribution < -0.4 is 0 Å². The van der Waals surface area contributed by atoms with Crippen molar-refractivity contribution in [2.45, 2.75) is 6.42 Å². The van der Waals surface area contributed by atoms with Gasteiger partial charge in [0.25, 0.3) is 0 Å². The first-order chi connectivity index (χ1) is 5.00. The summed E-state index contributed by atoms with van der Waals surface area (Å²) in [6.45, 7) is 0. The van der Waals surface area contributed by atoms with Crippen molar-refractivity contribution in [3.05, 3.63) is 36.7 Å². The molecule has 1 heterocycles. The van der Waals surface area contributed by atoms with Crippen LogP contribution in [0, 0.1) is 6.08 Å². The molecule has 11 heavy (non-hydrogen) atoms. The molecule has 1 aromatic heterocycles. The second-order valence-corrected chi connectivity index (χ2v) is 1.66. The van der Waals surface area contributed by atoms with Crippen LogP contribution in [-0.2, 0) is 17.1 Å². The Labute approximate surface area is 76.1 Å². The normalized spacial score (nSPS) is 11.6. The first-order valence-electron chi connectivity index (χ1n) is 3.01. The van der Waals surface area contributed by atoms with E-state index in [4.69, 9.17) is 0 Å². The van der Waals surface area contributed by atoms with Crippen LogP contribution in [0.25, 0.3) is 0 Å². The molecule has 0 amide bonds. The molecule has 1 aliphatic rings. The molecule has 2 rings (SSSR count). The summed E-state index contributed by atoms with van der Waals surface area (Å²) in [5.41, 5.74) is 0. The van der Waals surface area contributed by atoms with E-state index in [0.717, 1.165) is 6.42 Å². The van der Waals surface area contributed by atoms with Crippen LogP contribution in [0.4, 0.5) is 0 Å². The zero-order valence-electron chi connectivity index (χ0n) is 5.84. The first kappa shape index (κ1) is 10.1. The van der Waals surface area contributed by atoms with E-state index in [1.54, 1.807) is 12.4 Å². The van der Waals surface area contributed by atoms with E-state index < -0.39 is 0 Å². The van der Waals surface area contributed by atoms with E-state index in [1.807, 2.05) is 12.2 Å². The average Bonchev–Trinajstić information content (AvgIpc) is 2.67. The summed E-state index contributed by atoms with van der Waals surface area (Å²) in [5.74, 6) is 0. The van der Waals surface area contributed by atoms with Gasteiger partial charge >= 0.3 is 0 Å². The SMILES string of the molecule is [C-]1=CC=CC1.[Fe].c1cn[nH]n1. The number of allylic oxidation sites excluding steroid dienone is 4. The maximum absolute atomic E-state index is 3.49. The summed E-state index contributed by atoms with van der Waals surface area (Å²) in [6.07, 6.45) is 13.2. The molecular weight excluding hydrogens is 182 g/mol. The number of aromatic nitrogens is 3. The van der Waals surface area contributed by atoms with Gasteiger partial charge in [-0.2, -0.15) is 21.5 Å². The maximum atomic E-state index is 3.49. The molecule has 0 unspecified atom stereocenters. The third kappa shape index (κ3) is 5.58. The van der Waals surface area contributed by atoms with Gasteiger partial charge in [-0.1, -0.05) is 0 Å². The van der Waals surface area contributed by atoms with E-state index in [-0.39, 0.29) is 17.1 Å². The molecular formula is C7H8FeN3-. The molecule has 0 aliphatic heterocycles. The fraction of sp³-hybridized carbons (Fsp3) is 0.143. The van der Waals surface area contributed by atoms with Crippen LogP contribution in [0.3, 0.4) is 0 Å². The largest absolute Gasteiger partial charge is 0.273 e. The van der Waals surface area contributed by atoms with Crippen LogP contribution in [0.15, 0.2) is 30.6 Å². The van der Waals surface area contributed by atoms with Crippen LogP contribution in [0.1, 0.15) is 6.42 Å². The Morgan fingerprint density at radius 3 is 2.18 bits per heavy atom. The maximum Gasteiger partial charge on any atom is 0.0690 e. The van der Waals surface area contributed by atoms with Gasteiger partial charge in [-0.25, -0.2) is 12.2 Å². The number of rotatable bonds is 0. The minimum absolute atomic E-state index is 0. The Morgan fingerprint density at radius 2 is 2.00 bits per heavy atom. The molecule has 0 atom stereocenters. The fourth-order valence-corrected chi connectivity index (χ4v) is 0.507. The van der Waals surface area contributed by atoms with Gasteiger partial charge in [-0.3, -0.25) is 6.08 Å². The molecule has 1 aliphatic carbocycles. The smallest absolute Gasteiger partial charge is 0.0690 e. The second-order valence-electron chi connectivity index (χ2n) is 1.66. The van der Waals surface area contributed by atoms with Gasteiger partial charge in [-0.15, -0.1) is 6.42 Å². The molecule has 0 aromatic carbocycles. The summed E-state index contributed by atoms with van der Waals surface area (Å²) in [5, 5.41) is 9.33. The van der Waals surface area contributed by atoms with Crippen LogP contribution in [0.5, 0.6) is 0 Å². The van der Waals surface area contributed by atoms with Crippen molar-refractivity contribution >= 4 is 0 Å². The van der Waals surface area contributed by atoms with Crippen LogP contribution in [0.2, 0.25) is 0 Å². The number of H-pyrrole nitrogens is 1. The minimum atomic E-state index is 0. The summed E-state index contributed by atoms with van der Waals surface area (Å²) >= 11 is 0. The van der Waals surface area contributed by atoms with Gasteiger partial charge in [0, 0.05) is 17.1 Å². The zero-order chi connectivity index (χ0) is 7.07. The van der Waals surface area contributed by atoms with Crippen molar-refractivity contribution in [1.82, 2.24) is 15.4 Å². The third-order valence-electron chi connectivity index (χ3n) is 0.917. The third-order valence-corrected chi connectivity index (χ3v) is 0.917. The van der Waals surface area contributed by atoms with Crippen molar-refractivity contribution < 1.29 is 17.1 Å². The molecule has 3 nitrogen and oxygen atoms in total. The Bertz CT molecular complexity index is 176. The fourth-order valence-electron chi connectivity index (χ4n) is 0.507. The monoisotopic (exact) mass is 190 g/mol. The molecule has 1 aromatic rings. The molecule has 0 spiro atoms. The Kier molecular flexibility index (Phi) is 6.68. The van der Waals surface area contributed by atoms with Gasteiger partial charge < -0.3 is 0 Å². The molecule has 0 bridgehead atoms. The number of nitrogens with one attached hydrogen (secondary N) is 1. The Hall–Kier alpha value is -0.861. The number of hydrogen-bond acceptors (Lipinski definition) is 2. The number of nitrogens with zero attached hydrogens (tertiary/aromatic N) is 2. The summed E-state index contributed by atoms with van der Waals surface area (Å²) in [4.78, 5) is 0. The van der Waals surface area contributed by atoms with Crippen molar-refractivity contribution in [3.63, 3.8) is 0 Å². The quantitative estimate of drug-likeness (QED) is 0.491. The second kappa shape index (κ2) is 7.25. The van der Waals surface area contributed by atoms with Crippen LogP contribution >= 0.6 is 0 Å². The van der Waals surface area contributed by atoms with E-state index in [0.29, 0.717) is 0 Å². The van der Waals surface area contributed by atoms with E-state index >= 15 is 0 Å². The zero-order valence-corrected chi connectivity index (χ0v) is 6.95. The van der Waals surface area contributed by atoms with E-state index in [9.17, 15) is 0 Å². The topological polar surface area (TPSA) is 41.6 Å². The van der Waals surface area contributed by atoms with Crippen molar-refractivity contribution in [2.75, 3.05) is 0 Å². The minimum Gasteiger partial charge on any atom is -0.273 e. The predicted octanol–water partition coefficient (Wildman–Crippen LogP) is 1.11. The molecule has 60 valence electrons. The van der Waals surface area contributed by atoms with Gasteiger partial charge in [0.2, 0.25) is 0 Å². The molecule has 0 saturated heterocycles. The van der Waals surface area contributed by atoms with Gasteiger partial charge in [0.1, 0.15) is 0 Å². The molecule has 0 radical (unpaired) electrons. The van der Waals surface area contributed by atoms with E-state index in [1.165, 1.54) is 0 Å². The molecule has 4 heteroatoms. The predicted molar refractivity (Wildman–Crippen MR) is 38.0 cm³/mol. The van der Waals surface area contributed by atoms with E-state index in [2.05, 4.69) is 27.6 Å². The van der Waals surface area contributed by atoms with Gasteiger partial charge in [0.05, 0.1) is 12.4 Å². The standard InChI is InChI=1S/C5H5.C2H3N3.Fe/c2*1-2-4-5-3-1;/h1-3H,4H2;1-2H,(H,3,4,5);/q-1;;. The summed E-state index contributed by atoms with van der Waals surface area (Å²) in [7, 11) is 0. The van der Waals surface area contributed by atoms with Crippen molar-refractivity contribution in [3.8, 4) is 0 Å². The summed E-state index contributed by atoms with van der Waals surface area (Å²) < 4.78 is 0. The average molecular weight is 190 g/mol. The Balaban J connectivity index is 0.000000167. The Morgan fingerprint density at radius 1 is 1.27 bits per heavy atom. The molecule has 1 N–H and O–H groups in total. The van der Waals surface area contributed by atoms with Crippen LogP contribution in [-0.4, -0.2) is 15.4 Å². The van der Waals surface area contributed by atoms with Crippen molar-refractivity contribution in [2.24, 2.45) is 0 Å².